The first-order valence-corrected chi connectivity index (χ1v) is 10.3. The van der Waals surface area contributed by atoms with Gasteiger partial charge in [-0.05, 0) is 42.3 Å². The van der Waals surface area contributed by atoms with E-state index in [9.17, 15) is 9.59 Å². The number of anilines is 1. The van der Waals surface area contributed by atoms with Crippen molar-refractivity contribution < 1.29 is 14.3 Å². The molecule has 0 aliphatic carbocycles. The van der Waals surface area contributed by atoms with Crippen LogP contribution >= 0.6 is 11.3 Å². The molecule has 0 saturated carbocycles. The Labute approximate surface area is 177 Å². The summed E-state index contributed by atoms with van der Waals surface area (Å²) in [6.07, 6.45) is 2.55. The number of carbonyl (C=O) groups excluding carboxylic acids is 2. The fourth-order valence-electron chi connectivity index (χ4n) is 3.11. The van der Waals surface area contributed by atoms with Crippen LogP contribution in [0.3, 0.4) is 0 Å². The highest BCUT2D eigenvalue weighted by atomic mass is 32.1. The van der Waals surface area contributed by atoms with E-state index >= 15 is 0 Å². The number of ether oxygens (including phenoxy) is 1. The predicted octanol–water partition coefficient (Wildman–Crippen LogP) is 3.60. The van der Waals surface area contributed by atoms with Crippen LogP contribution in [0, 0.1) is 0 Å². The van der Waals surface area contributed by atoms with Crippen molar-refractivity contribution in [1.82, 2.24) is 15.3 Å². The zero-order valence-corrected chi connectivity index (χ0v) is 17.1. The summed E-state index contributed by atoms with van der Waals surface area (Å²) in [5, 5.41) is 8.52. The highest BCUT2D eigenvalue weighted by molar-refractivity contribution is 7.14. The van der Waals surface area contributed by atoms with Crippen molar-refractivity contribution in [3.05, 3.63) is 65.7 Å². The molecule has 0 spiro atoms. The first kappa shape index (κ1) is 19.7. The molecule has 2 heterocycles. The van der Waals surface area contributed by atoms with Crippen LogP contribution in [0.5, 0.6) is 5.75 Å². The minimum absolute atomic E-state index is 0.364. The first-order valence-electron chi connectivity index (χ1n) is 9.38. The number of para-hydroxylation sites is 1. The van der Waals surface area contributed by atoms with Crippen molar-refractivity contribution in [2.75, 3.05) is 19.0 Å². The smallest absolute Gasteiger partial charge is 0.315 e. The van der Waals surface area contributed by atoms with Crippen LogP contribution in [-0.4, -0.2) is 35.4 Å². The molecule has 0 aliphatic heterocycles. The lowest BCUT2D eigenvalue weighted by Crippen LogP contribution is -2.36. The van der Waals surface area contributed by atoms with Crippen molar-refractivity contribution in [2.24, 2.45) is 0 Å². The number of thiazole rings is 1. The molecule has 0 bridgehead atoms. The lowest BCUT2D eigenvalue weighted by molar-refractivity contribution is -0.136. The summed E-state index contributed by atoms with van der Waals surface area (Å²) in [6.45, 7) is 0.364. The Kier molecular flexibility index (Phi) is 5.76. The molecule has 4 aromatic rings. The van der Waals surface area contributed by atoms with Crippen LogP contribution in [0.4, 0.5) is 5.13 Å². The monoisotopic (exact) mass is 420 g/mol. The third kappa shape index (κ3) is 4.33. The molecule has 0 unspecified atom stereocenters. The van der Waals surface area contributed by atoms with Gasteiger partial charge >= 0.3 is 11.8 Å². The van der Waals surface area contributed by atoms with E-state index in [0.717, 1.165) is 33.5 Å². The van der Waals surface area contributed by atoms with Crippen molar-refractivity contribution in [3.63, 3.8) is 0 Å². The van der Waals surface area contributed by atoms with Gasteiger partial charge in [0.25, 0.3) is 0 Å². The van der Waals surface area contributed by atoms with Crippen molar-refractivity contribution in [3.8, 4) is 17.0 Å². The summed E-state index contributed by atoms with van der Waals surface area (Å²) in [4.78, 5) is 31.9. The summed E-state index contributed by atoms with van der Waals surface area (Å²) in [5.41, 5.74) is 3.76. The predicted molar refractivity (Wildman–Crippen MR) is 118 cm³/mol. The number of hydrogen-bond acceptors (Lipinski definition) is 5. The van der Waals surface area contributed by atoms with Gasteiger partial charge in [-0.2, -0.15) is 0 Å². The van der Waals surface area contributed by atoms with Gasteiger partial charge in [-0.3, -0.25) is 14.9 Å². The zero-order chi connectivity index (χ0) is 20.9. The largest absolute Gasteiger partial charge is 0.497 e. The summed E-state index contributed by atoms with van der Waals surface area (Å²) in [5.74, 6) is -0.660. The topological polar surface area (TPSA) is 96.1 Å². The van der Waals surface area contributed by atoms with Crippen LogP contribution < -0.4 is 15.4 Å². The average Bonchev–Trinajstić information content (AvgIpc) is 3.41. The second-order valence-electron chi connectivity index (χ2n) is 6.59. The molecule has 2 amide bonds. The van der Waals surface area contributed by atoms with Crippen molar-refractivity contribution in [2.45, 2.75) is 6.42 Å². The van der Waals surface area contributed by atoms with E-state index in [2.05, 4.69) is 20.6 Å². The number of benzene rings is 2. The number of hydrogen-bond donors (Lipinski definition) is 3. The van der Waals surface area contributed by atoms with Crippen LogP contribution in [-0.2, 0) is 16.0 Å². The number of rotatable bonds is 6. The molecule has 30 heavy (non-hydrogen) atoms. The van der Waals surface area contributed by atoms with Crippen molar-refractivity contribution >= 4 is 39.2 Å². The fraction of sp³-hybridized carbons (Fsp3) is 0.136. The zero-order valence-electron chi connectivity index (χ0n) is 16.3. The molecule has 0 radical (unpaired) electrons. The van der Waals surface area contributed by atoms with Gasteiger partial charge in [-0.25, -0.2) is 4.98 Å². The molecule has 0 saturated heterocycles. The second kappa shape index (κ2) is 8.79. The van der Waals surface area contributed by atoms with Gasteiger partial charge in [0.15, 0.2) is 5.13 Å². The molecule has 8 heteroatoms. The number of H-pyrrole nitrogens is 1. The Morgan fingerprint density at radius 3 is 2.70 bits per heavy atom. The average molecular weight is 420 g/mol. The van der Waals surface area contributed by atoms with Gasteiger partial charge in [0.1, 0.15) is 5.75 Å². The standard InChI is InChI=1S/C22H20N4O3S/c1-29-16-8-6-14(7-9-16)19-13-30-22(25-19)26-21(28)20(27)23-11-10-15-12-24-18-5-3-2-4-17(15)18/h2-9,12-13,24H,10-11H2,1H3,(H,23,27)(H,25,26,28). The van der Waals surface area contributed by atoms with Crippen LogP contribution in [0.25, 0.3) is 22.2 Å². The van der Waals surface area contributed by atoms with E-state index in [0.29, 0.717) is 18.1 Å². The van der Waals surface area contributed by atoms with Crippen LogP contribution in [0.1, 0.15) is 5.56 Å². The number of aromatic amines is 1. The number of aromatic nitrogens is 2. The SMILES string of the molecule is COc1ccc(-c2csc(NC(=O)C(=O)NCCc3c[nH]c4ccccc34)n2)cc1. The van der Waals surface area contributed by atoms with Crippen LogP contribution in [0.15, 0.2) is 60.1 Å². The third-order valence-electron chi connectivity index (χ3n) is 4.67. The Hall–Kier alpha value is -3.65. The molecule has 0 aliphatic rings. The lowest BCUT2D eigenvalue weighted by Gasteiger charge is -2.04. The molecule has 7 nitrogen and oxygen atoms in total. The quantitative estimate of drug-likeness (QED) is 0.415. The normalized spacial score (nSPS) is 10.7. The molecule has 2 aromatic heterocycles. The molecule has 4 rings (SSSR count). The molecule has 3 N–H and O–H groups in total. The fourth-order valence-corrected chi connectivity index (χ4v) is 3.82. The van der Waals surface area contributed by atoms with E-state index < -0.39 is 11.8 Å². The van der Waals surface area contributed by atoms with Gasteiger partial charge in [-0.1, -0.05) is 18.2 Å². The van der Waals surface area contributed by atoms with Gasteiger partial charge in [0.05, 0.1) is 12.8 Å². The van der Waals surface area contributed by atoms with Gasteiger partial charge in [0, 0.05) is 34.6 Å². The second-order valence-corrected chi connectivity index (χ2v) is 7.44. The van der Waals surface area contributed by atoms with Gasteiger partial charge in [-0.15, -0.1) is 11.3 Å². The maximum atomic E-state index is 12.2. The van der Waals surface area contributed by atoms with Gasteiger partial charge < -0.3 is 15.0 Å². The highest BCUT2D eigenvalue weighted by Gasteiger charge is 2.16. The van der Waals surface area contributed by atoms with Crippen molar-refractivity contribution in [1.29, 1.82) is 0 Å². The Morgan fingerprint density at radius 2 is 1.90 bits per heavy atom. The van der Waals surface area contributed by atoms with E-state index in [4.69, 9.17) is 4.74 Å². The maximum Gasteiger partial charge on any atom is 0.315 e. The maximum absolute atomic E-state index is 12.2. The van der Waals surface area contributed by atoms with E-state index in [1.807, 2.05) is 60.1 Å². The van der Waals surface area contributed by atoms with E-state index in [1.54, 1.807) is 7.11 Å². The number of fused-ring (bicyclic) bond motifs is 1. The summed E-state index contributed by atoms with van der Waals surface area (Å²) < 4.78 is 5.15. The number of nitrogens with one attached hydrogen (secondary N) is 3. The Morgan fingerprint density at radius 1 is 1.10 bits per heavy atom. The molecular weight excluding hydrogens is 400 g/mol. The van der Waals surface area contributed by atoms with Crippen LogP contribution in [0.2, 0.25) is 0 Å². The Bertz CT molecular complexity index is 1180. The minimum Gasteiger partial charge on any atom is -0.497 e. The first-order chi connectivity index (χ1) is 14.6. The number of amides is 2. The summed E-state index contributed by atoms with van der Waals surface area (Å²) >= 11 is 1.26. The summed E-state index contributed by atoms with van der Waals surface area (Å²) in [6, 6.07) is 15.4. The summed E-state index contributed by atoms with van der Waals surface area (Å²) in [7, 11) is 1.61. The number of nitrogens with zero attached hydrogens (tertiary/aromatic N) is 1. The molecule has 0 atom stereocenters. The number of carbonyl (C=O) groups is 2. The molecule has 152 valence electrons. The van der Waals surface area contributed by atoms with Gasteiger partial charge in [0.2, 0.25) is 0 Å². The Balaban J connectivity index is 1.30. The lowest BCUT2D eigenvalue weighted by atomic mass is 10.1. The molecule has 2 aromatic carbocycles. The third-order valence-corrected chi connectivity index (χ3v) is 5.43. The van der Waals surface area contributed by atoms with E-state index in [-0.39, 0.29) is 0 Å². The minimum atomic E-state index is -0.732. The molecule has 0 fully saturated rings. The van der Waals surface area contributed by atoms with E-state index in [1.165, 1.54) is 11.3 Å². The molecular formula is C22H20N4O3S. The highest BCUT2D eigenvalue weighted by Crippen LogP contribution is 2.26. The number of methoxy groups -OCH3 is 1.